The Morgan fingerprint density at radius 1 is 1.09 bits per heavy atom. The number of unbranched alkanes of at least 4 members (excludes halogenated alkanes) is 4. The van der Waals surface area contributed by atoms with Gasteiger partial charge in [0.25, 0.3) is 0 Å². The second-order valence-corrected chi connectivity index (χ2v) is 5.39. The van der Waals surface area contributed by atoms with Crippen LogP contribution in [0.1, 0.15) is 79.6 Å². The molecule has 0 spiro atoms. The molecule has 2 N–H and O–H groups in total. The third kappa shape index (κ3) is 24.3. The normalized spacial score (nSPS) is 19.0. The number of rotatable bonds is 8. The molecule has 1 aliphatic heterocycles. The fourth-order valence-electron chi connectivity index (χ4n) is 1.87. The van der Waals surface area contributed by atoms with Crippen LogP contribution in [0.5, 0.6) is 0 Å². The SMILES string of the molecule is CC.CCCCCCCO.CO.[B]C1CCC(COC(C)C)O1. The van der Waals surface area contributed by atoms with Gasteiger partial charge in [0.1, 0.15) is 7.85 Å². The number of ether oxygens (including phenoxy) is 2. The topological polar surface area (TPSA) is 58.9 Å². The van der Waals surface area contributed by atoms with Crippen LogP contribution < -0.4 is 0 Å². The van der Waals surface area contributed by atoms with Gasteiger partial charge >= 0.3 is 0 Å². The van der Waals surface area contributed by atoms with Crippen LogP contribution in [-0.2, 0) is 9.47 Å². The first-order valence-corrected chi connectivity index (χ1v) is 9.18. The number of hydrogen-bond acceptors (Lipinski definition) is 4. The van der Waals surface area contributed by atoms with Crippen molar-refractivity contribution in [2.75, 3.05) is 20.3 Å². The molecule has 1 aliphatic rings. The molecule has 1 rings (SSSR count). The van der Waals surface area contributed by atoms with Crippen LogP contribution in [0.3, 0.4) is 0 Å². The maximum absolute atomic E-state index is 8.37. The lowest BCUT2D eigenvalue weighted by Crippen LogP contribution is -2.19. The van der Waals surface area contributed by atoms with Gasteiger partial charge in [0.05, 0.1) is 18.8 Å². The van der Waals surface area contributed by atoms with Crippen molar-refractivity contribution < 1.29 is 19.7 Å². The summed E-state index contributed by atoms with van der Waals surface area (Å²) in [7, 11) is 6.55. The summed E-state index contributed by atoms with van der Waals surface area (Å²) < 4.78 is 10.8. The molecule has 2 radical (unpaired) electrons. The van der Waals surface area contributed by atoms with Crippen molar-refractivity contribution in [3.8, 4) is 0 Å². The average molecular weight is 332 g/mol. The highest BCUT2D eigenvalue weighted by molar-refractivity contribution is 6.11. The third-order valence-corrected chi connectivity index (χ3v) is 3.02. The Balaban J connectivity index is -0.000000296. The van der Waals surface area contributed by atoms with Gasteiger partial charge in [0.15, 0.2) is 0 Å². The van der Waals surface area contributed by atoms with Crippen LogP contribution in [-0.4, -0.2) is 56.6 Å². The molecule has 140 valence electrons. The highest BCUT2D eigenvalue weighted by atomic mass is 16.5. The van der Waals surface area contributed by atoms with Crippen LogP contribution in [0.25, 0.3) is 0 Å². The summed E-state index contributed by atoms with van der Waals surface area (Å²) in [4.78, 5) is 0. The highest BCUT2D eigenvalue weighted by Crippen LogP contribution is 2.17. The zero-order valence-electron chi connectivity index (χ0n) is 16.4. The molecule has 0 amide bonds. The van der Waals surface area contributed by atoms with Crippen molar-refractivity contribution in [2.45, 2.75) is 97.8 Å². The van der Waals surface area contributed by atoms with Crippen LogP contribution in [0.15, 0.2) is 0 Å². The first-order chi connectivity index (χ1) is 11.1. The second-order valence-electron chi connectivity index (χ2n) is 5.39. The Bertz CT molecular complexity index is 186. The number of aliphatic hydroxyl groups excluding tert-OH is 2. The van der Waals surface area contributed by atoms with Gasteiger partial charge in [-0.25, -0.2) is 0 Å². The van der Waals surface area contributed by atoms with E-state index in [4.69, 9.17) is 27.5 Å². The van der Waals surface area contributed by atoms with E-state index in [1.54, 1.807) is 0 Å². The Labute approximate surface area is 146 Å². The highest BCUT2D eigenvalue weighted by Gasteiger charge is 2.21. The molecule has 4 nitrogen and oxygen atoms in total. The van der Waals surface area contributed by atoms with Crippen LogP contribution >= 0.6 is 0 Å². The van der Waals surface area contributed by atoms with Gasteiger partial charge in [0.2, 0.25) is 0 Å². The summed E-state index contributed by atoms with van der Waals surface area (Å²) in [6.45, 7) is 11.3. The van der Waals surface area contributed by atoms with Gasteiger partial charge in [-0.2, -0.15) is 0 Å². The zero-order valence-corrected chi connectivity index (χ0v) is 16.4. The molecule has 0 aromatic carbocycles. The van der Waals surface area contributed by atoms with E-state index < -0.39 is 0 Å². The molecular formula is C18H41BO4. The molecule has 1 fully saturated rings. The lowest BCUT2D eigenvalue weighted by Gasteiger charge is -2.13. The van der Waals surface area contributed by atoms with Crippen molar-refractivity contribution in [3.63, 3.8) is 0 Å². The minimum Gasteiger partial charge on any atom is -0.400 e. The van der Waals surface area contributed by atoms with E-state index in [1.807, 2.05) is 27.7 Å². The second kappa shape index (κ2) is 24.2. The summed E-state index contributed by atoms with van der Waals surface area (Å²) in [6, 6.07) is -0.0595. The Morgan fingerprint density at radius 3 is 2.04 bits per heavy atom. The summed E-state index contributed by atoms with van der Waals surface area (Å²) in [5, 5.41) is 15.4. The van der Waals surface area contributed by atoms with E-state index in [2.05, 4.69) is 6.92 Å². The molecule has 2 unspecified atom stereocenters. The molecule has 1 heterocycles. The van der Waals surface area contributed by atoms with E-state index in [9.17, 15) is 0 Å². The van der Waals surface area contributed by atoms with Crippen molar-refractivity contribution in [3.05, 3.63) is 0 Å². The zero-order chi connectivity index (χ0) is 18.5. The van der Waals surface area contributed by atoms with Crippen molar-refractivity contribution in [1.82, 2.24) is 0 Å². The minimum atomic E-state index is -0.0595. The van der Waals surface area contributed by atoms with E-state index in [0.29, 0.717) is 13.2 Å². The standard InChI is InChI=1S/C8H15BO2.C7H16O.C2H6.CH4O/c1-6(2)10-5-7-3-4-8(9)11-7;1-2-3-4-5-6-7-8;2*1-2/h6-8H,3-5H2,1-2H3;8H,2-7H2,1H3;1-2H3;2H,1H3. The minimum absolute atomic E-state index is 0.0595. The van der Waals surface area contributed by atoms with E-state index >= 15 is 0 Å². The summed E-state index contributed by atoms with van der Waals surface area (Å²) in [6.07, 6.45) is 8.59. The predicted octanol–water partition coefficient (Wildman–Crippen LogP) is 3.67. The lowest BCUT2D eigenvalue weighted by atomic mass is 9.97. The lowest BCUT2D eigenvalue weighted by molar-refractivity contribution is -0.0154. The summed E-state index contributed by atoms with van der Waals surface area (Å²) in [5.41, 5.74) is 0. The number of aliphatic hydroxyl groups is 2. The molecule has 23 heavy (non-hydrogen) atoms. The van der Waals surface area contributed by atoms with Crippen molar-refractivity contribution in [1.29, 1.82) is 0 Å². The molecule has 0 aromatic heterocycles. The number of hydrogen-bond donors (Lipinski definition) is 2. The molecule has 0 saturated carbocycles. The van der Waals surface area contributed by atoms with Gasteiger partial charge in [-0.1, -0.05) is 46.5 Å². The van der Waals surface area contributed by atoms with Gasteiger partial charge in [-0.15, -0.1) is 0 Å². The van der Waals surface area contributed by atoms with Gasteiger partial charge < -0.3 is 19.7 Å². The molecule has 0 aromatic rings. The maximum atomic E-state index is 8.37. The van der Waals surface area contributed by atoms with Crippen molar-refractivity contribution >= 4 is 7.85 Å². The third-order valence-electron chi connectivity index (χ3n) is 3.02. The molecule has 5 heteroatoms. The van der Waals surface area contributed by atoms with Crippen LogP contribution in [0, 0.1) is 0 Å². The van der Waals surface area contributed by atoms with Crippen molar-refractivity contribution in [2.24, 2.45) is 0 Å². The van der Waals surface area contributed by atoms with Gasteiger partial charge in [-0.3, -0.25) is 0 Å². The quantitative estimate of drug-likeness (QED) is 0.526. The molecule has 0 bridgehead atoms. The average Bonchev–Trinajstić information content (AvgIpc) is 3.00. The van der Waals surface area contributed by atoms with E-state index in [-0.39, 0.29) is 18.2 Å². The van der Waals surface area contributed by atoms with Crippen LogP contribution in [0.4, 0.5) is 0 Å². The monoisotopic (exact) mass is 332 g/mol. The van der Waals surface area contributed by atoms with Gasteiger partial charge in [-0.05, 0) is 33.1 Å². The maximum Gasteiger partial charge on any atom is 0.109 e. The largest absolute Gasteiger partial charge is 0.400 e. The summed E-state index contributed by atoms with van der Waals surface area (Å²) in [5.74, 6) is 0. The fourth-order valence-corrected chi connectivity index (χ4v) is 1.87. The van der Waals surface area contributed by atoms with Crippen LogP contribution in [0.2, 0.25) is 0 Å². The first-order valence-electron chi connectivity index (χ1n) is 9.18. The Morgan fingerprint density at radius 2 is 1.65 bits per heavy atom. The molecular weight excluding hydrogens is 291 g/mol. The molecule has 1 saturated heterocycles. The fraction of sp³-hybridized carbons (Fsp3) is 1.00. The Kier molecular flexibility index (Phi) is 29.1. The van der Waals surface area contributed by atoms with Gasteiger partial charge in [0, 0.05) is 19.7 Å². The Hall–Kier alpha value is -0.0951. The smallest absolute Gasteiger partial charge is 0.109 e. The molecule has 0 aliphatic carbocycles. The van der Waals surface area contributed by atoms with E-state index in [0.717, 1.165) is 26.4 Å². The summed E-state index contributed by atoms with van der Waals surface area (Å²) >= 11 is 0. The first kappa shape index (κ1) is 27.7. The predicted molar refractivity (Wildman–Crippen MR) is 100 cm³/mol. The molecule has 2 atom stereocenters. The van der Waals surface area contributed by atoms with E-state index in [1.165, 1.54) is 25.7 Å².